The van der Waals surface area contributed by atoms with Gasteiger partial charge in [0.2, 0.25) is 6.48 Å². The zero-order valence-electron chi connectivity index (χ0n) is 12.1. The summed E-state index contributed by atoms with van der Waals surface area (Å²) in [6.07, 6.45) is 7.97. The molecule has 0 saturated carbocycles. The van der Waals surface area contributed by atoms with Crippen molar-refractivity contribution in [3.05, 3.63) is 0 Å². The van der Waals surface area contributed by atoms with Crippen molar-refractivity contribution in [3.63, 3.8) is 0 Å². The lowest BCUT2D eigenvalue weighted by Crippen LogP contribution is -2.60. The largest absolute Gasteiger partial charge is 0.673 e. The Labute approximate surface area is 120 Å². The number of carbonyl (C=O) groups is 1. The molecular weight excluding hydrogens is 255 g/mol. The van der Waals surface area contributed by atoms with Gasteiger partial charge in [-0.1, -0.05) is 38.5 Å². The average Bonchev–Trinajstić information content (AvgIpc) is 2.72. The smallest absolute Gasteiger partial charge is 0.273 e. The van der Waals surface area contributed by atoms with Crippen molar-refractivity contribution in [1.29, 1.82) is 0 Å². The van der Waals surface area contributed by atoms with Crippen LogP contribution in [0.3, 0.4) is 0 Å². The lowest BCUT2D eigenvalue weighted by atomic mass is 9.28. The number of hydrogen-bond donors (Lipinski definition) is 3. The third-order valence-corrected chi connectivity index (χ3v) is 5.82. The molecule has 3 heterocycles. The van der Waals surface area contributed by atoms with Gasteiger partial charge in [0.25, 0.3) is 5.97 Å². The molecule has 1 spiro atoms. The van der Waals surface area contributed by atoms with E-state index in [1.165, 1.54) is 38.5 Å². The minimum atomic E-state index is -1.16. The third-order valence-electron chi connectivity index (χ3n) is 5.82. The minimum absolute atomic E-state index is 0.104. The fourth-order valence-corrected chi connectivity index (χ4v) is 4.78. The Morgan fingerprint density at radius 1 is 1.30 bits per heavy atom. The van der Waals surface area contributed by atoms with Crippen LogP contribution in [0.15, 0.2) is 0 Å². The highest BCUT2D eigenvalue weighted by molar-refractivity contribution is 6.77. The van der Waals surface area contributed by atoms with Crippen molar-refractivity contribution in [2.75, 3.05) is 6.54 Å². The third kappa shape index (κ3) is 2.38. The minimum Gasteiger partial charge on any atom is -0.673 e. The Morgan fingerprint density at radius 3 is 2.45 bits per heavy atom. The molecule has 0 aromatic heterocycles. The van der Waals surface area contributed by atoms with Gasteiger partial charge < -0.3 is 20.7 Å². The van der Waals surface area contributed by atoms with Gasteiger partial charge in [0.15, 0.2) is 0 Å². The Balaban J connectivity index is 1.68. The summed E-state index contributed by atoms with van der Waals surface area (Å²) >= 11 is 0. The molecule has 114 valence electrons. The molecule has 0 aromatic rings. The van der Waals surface area contributed by atoms with Crippen LogP contribution in [0.2, 0.25) is 11.6 Å². The molecule has 3 saturated heterocycles. The van der Waals surface area contributed by atoms with Crippen LogP contribution < -0.4 is 11.0 Å². The van der Waals surface area contributed by atoms with Gasteiger partial charge in [-0.3, -0.25) is 4.79 Å². The SMILES string of the molecule is NC[C@H](O)CC[C@@H]1N[B-]2(OC1=O)C1CCCC2CCC1. The molecular formula is C14H26BN2O3-. The number of carbonyl (C=O) groups excluding carboxylic acids is 1. The van der Waals surface area contributed by atoms with E-state index < -0.39 is 12.6 Å². The molecule has 0 aliphatic carbocycles. The van der Waals surface area contributed by atoms with Gasteiger partial charge in [-0.15, -0.1) is 11.6 Å². The maximum atomic E-state index is 12.2. The van der Waals surface area contributed by atoms with E-state index in [1.807, 2.05) is 0 Å². The number of hydrogen-bond acceptors (Lipinski definition) is 5. The Kier molecular flexibility index (Phi) is 4.06. The van der Waals surface area contributed by atoms with Crippen molar-refractivity contribution in [1.82, 2.24) is 5.23 Å². The fraction of sp³-hybridized carbons (Fsp3) is 0.929. The standard InChI is InChI=1S/C14H26BN2O3/c16-9-12(18)7-8-13-14(19)20-15(17-13)10-3-1-4-11(15)6-2-5-10/h10-13,17-18H,1-9,16H2/q-1/t10?,11?,12-,13+,15?/m1/s1. The highest BCUT2D eigenvalue weighted by Gasteiger charge is 2.53. The average molecular weight is 281 g/mol. The quantitative estimate of drug-likeness (QED) is 0.673. The van der Waals surface area contributed by atoms with Gasteiger partial charge in [-0.05, 0) is 12.8 Å². The first kappa shape index (κ1) is 14.4. The Hall–Kier alpha value is -0.585. The summed E-state index contributed by atoms with van der Waals surface area (Å²) in [4.78, 5) is 12.2. The summed E-state index contributed by atoms with van der Waals surface area (Å²) in [5, 5.41) is 13.1. The summed E-state index contributed by atoms with van der Waals surface area (Å²) in [5.74, 6) is 0.972. The van der Waals surface area contributed by atoms with Crippen LogP contribution in [-0.2, 0) is 9.45 Å². The lowest BCUT2D eigenvalue weighted by Gasteiger charge is -2.55. The molecule has 3 aliphatic rings. The number of rotatable bonds is 4. The molecule has 3 fully saturated rings. The molecule has 0 unspecified atom stereocenters. The first-order valence-corrected chi connectivity index (χ1v) is 8.20. The second kappa shape index (κ2) is 5.66. The summed E-state index contributed by atoms with van der Waals surface area (Å²) in [6.45, 7) is -0.904. The Bertz CT molecular complexity index is 357. The summed E-state index contributed by atoms with van der Waals surface area (Å²) in [7, 11) is 0. The van der Waals surface area contributed by atoms with Gasteiger partial charge in [-0.25, -0.2) is 0 Å². The van der Waals surface area contributed by atoms with Gasteiger partial charge in [0.1, 0.15) is 0 Å². The zero-order chi connectivity index (χ0) is 14.2. The topological polar surface area (TPSA) is 84.6 Å². The molecule has 0 amide bonds. The first-order chi connectivity index (χ1) is 9.65. The zero-order valence-corrected chi connectivity index (χ0v) is 12.1. The van der Waals surface area contributed by atoms with Crippen LogP contribution >= 0.6 is 0 Å². The molecule has 3 aliphatic heterocycles. The molecule has 4 N–H and O–H groups in total. The maximum absolute atomic E-state index is 12.2. The number of nitrogens with one attached hydrogen (secondary N) is 1. The van der Waals surface area contributed by atoms with E-state index >= 15 is 0 Å². The lowest BCUT2D eigenvalue weighted by molar-refractivity contribution is -0.134. The van der Waals surface area contributed by atoms with Crippen molar-refractivity contribution in [2.24, 2.45) is 5.73 Å². The summed E-state index contributed by atoms with van der Waals surface area (Å²) < 4.78 is 5.93. The monoisotopic (exact) mass is 281 g/mol. The molecule has 6 heteroatoms. The van der Waals surface area contributed by atoms with Crippen LogP contribution in [0.25, 0.3) is 0 Å². The van der Waals surface area contributed by atoms with Crippen LogP contribution in [0.1, 0.15) is 51.4 Å². The summed E-state index contributed by atoms with van der Waals surface area (Å²) in [5.41, 5.74) is 5.42. The van der Waals surface area contributed by atoms with Crippen LogP contribution in [0, 0.1) is 0 Å². The van der Waals surface area contributed by atoms with Crippen molar-refractivity contribution in [3.8, 4) is 0 Å². The second-order valence-electron chi connectivity index (χ2n) is 6.92. The molecule has 3 rings (SSSR count). The molecule has 0 aromatic carbocycles. The van der Waals surface area contributed by atoms with Crippen molar-refractivity contribution in [2.45, 2.75) is 75.1 Å². The van der Waals surface area contributed by atoms with E-state index in [2.05, 4.69) is 5.23 Å². The van der Waals surface area contributed by atoms with Gasteiger partial charge in [0, 0.05) is 6.54 Å². The van der Waals surface area contributed by atoms with E-state index in [-0.39, 0.29) is 18.6 Å². The maximum Gasteiger partial charge on any atom is 0.273 e. The summed E-state index contributed by atoms with van der Waals surface area (Å²) in [6, 6.07) is -0.239. The van der Waals surface area contributed by atoms with E-state index in [1.54, 1.807) is 0 Å². The second-order valence-corrected chi connectivity index (χ2v) is 6.92. The highest BCUT2D eigenvalue weighted by Crippen LogP contribution is 2.53. The predicted molar refractivity (Wildman–Crippen MR) is 78.3 cm³/mol. The number of nitrogens with two attached hydrogens (primary N) is 1. The van der Waals surface area contributed by atoms with E-state index in [0.717, 1.165) is 0 Å². The highest BCUT2D eigenvalue weighted by atomic mass is 16.5. The molecule has 2 atom stereocenters. The van der Waals surface area contributed by atoms with E-state index in [4.69, 9.17) is 10.4 Å². The Morgan fingerprint density at radius 2 is 1.90 bits per heavy atom. The molecule has 2 bridgehead atoms. The van der Waals surface area contributed by atoms with Gasteiger partial charge in [-0.2, -0.15) is 0 Å². The van der Waals surface area contributed by atoms with Crippen LogP contribution in [-0.4, -0.2) is 36.3 Å². The van der Waals surface area contributed by atoms with E-state index in [0.29, 0.717) is 24.5 Å². The van der Waals surface area contributed by atoms with Crippen LogP contribution in [0.5, 0.6) is 0 Å². The molecule has 20 heavy (non-hydrogen) atoms. The van der Waals surface area contributed by atoms with Crippen LogP contribution in [0.4, 0.5) is 0 Å². The van der Waals surface area contributed by atoms with Crippen molar-refractivity contribution < 1.29 is 14.6 Å². The van der Waals surface area contributed by atoms with E-state index in [9.17, 15) is 9.90 Å². The van der Waals surface area contributed by atoms with Crippen molar-refractivity contribution >= 4 is 12.5 Å². The first-order valence-electron chi connectivity index (χ1n) is 8.20. The number of aliphatic hydroxyl groups is 1. The molecule has 0 radical (unpaired) electrons. The normalized spacial score (nSPS) is 41.7. The van der Waals surface area contributed by atoms with Gasteiger partial charge in [0.05, 0.1) is 12.1 Å². The van der Waals surface area contributed by atoms with Gasteiger partial charge >= 0.3 is 0 Å². The molecule has 5 nitrogen and oxygen atoms in total. The number of aliphatic hydroxyl groups excluding tert-OH is 1. The fourth-order valence-electron chi connectivity index (χ4n) is 4.78. The predicted octanol–water partition coefficient (Wildman–Crippen LogP) is 1.15.